The number of hydrogen-bond donors (Lipinski definition) is 2. The molecule has 1 aromatic carbocycles. The van der Waals surface area contributed by atoms with Gasteiger partial charge in [-0.15, -0.1) is 0 Å². The summed E-state index contributed by atoms with van der Waals surface area (Å²) in [7, 11) is 0. The van der Waals surface area contributed by atoms with Gasteiger partial charge in [-0.2, -0.15) is 0 Å². The van der Waals surface area contributed by atoms with Crippen LogP contribution in [0.5, 0.6) is 0 Å². The van der Waals surface area contributed by atoms with Gasteiger partial charge in [-0.05, 0) is 56.9 Å². The zero-order valence-electron chi connectivity index (χ0n) is 15.5. The molecule has 1 aliphatic rings. The molecule has 0 unspecified atom stereocenters. The van der Waals surface area contributed by atoms with Gasteiger partial charge in [0.05, 0.1) is 10.7 Å². The minimum Gasteiger partial charge on any atom is -0.348 e. The van der Waals surface area contributed by atoms with Crippen molar-refractivity contribution in [3.63, 3.8) is 0 Å². The van der Waals surface area contributed by atoms with E-state index in [9.17, 15) is 4.79 Å². The number of carbonyl (C=O) groups is 1. The third-order valence-corrected chi connectivity index (χ3v) is 4.99. The maximum atomic E-state index is 12.6. The zero-order valence-corrected chi connectivity index (χ0v) is 16.3. The average molecular weight is 373 g/mol. The van der Waals surface area contributed by atoms with Crippen LogP contribution in [0.25, 0.3) is 0 Å². The molecule has 2 aromatic rings. The molecule has 1 heterocycles. The zero-order chi connectivity index (χ0) is 18.7. The van der Waals surface area contributed by atoms with Gasteiger partial charge in [0.15, 0.2) is 0 Å². The lowest BCUT2D eigenvalue weighted by Crippen LogP contribution is -2.36. The molecule has 0 saturated heterocycles. The monoisotopic (exact) mass is 372 g/mol. The lowest BCUT2D eigenvalue weighted by atomic mass is 9.95. The van der Waals surface area contributed by atoms with Crippen LogP contribution < -0.4 is 10.6 Å². The van der Waals surface area contributed by atoms with E-state index in [1.165, 1.54) is 19.3 Å². The number of nitrogens with zero attached hydrogens (tertiary/aromatic N) is 2. The maximum Gasteiger partial charge on any atom is 0.270 e. The van der Waals surface area contributed by atoms with Crippen LogP contribution in [-0.4, -0.2) is 21.9 Å². The van der Waals surface area contributed by atoms with Crippen molar-refractivity contribution in [3.05, 3.63) is 45.7 Å². The Morgan fingerprint density at radius 3 is 2.50 bits per heavy atom. The van der Waals surface area contributed by atoms with Gasteiger partial charge in [-0.25, -0.2) is 9.97 Å². The molecule has 0 atom stereocenters. The first kappa shape index (κ1) is 18.6. The van der Waals surface area contributed by atoms with Gasteiger partial charge in [0.1, 0.15) is 5.69 Å². The standard InChI is InChI=1S/C20H25ClN4O/c1-12-9-13(2)18(16(21)10-12)25-20-22-14(3)11-17(24-20)19(26)23-15-7-5-4-6-8-15/h9-11,15H,4-8H2,1-3H3,(H,23,26)(H,22,24,25). The highest BCUT2D eigenvalue weighted by molar-refractivity contribution is 6.33. The van der Waals surface area contributed by atoms with Gasteiger partial charge in [0.2, 0.25) is 5.95 Å². The lowest BCUT2D eigenvalue weighted by Gasteiger charge is -2.22. The van der Waals surface area contributed by atoms with E-state index in [-0.39, 0.29) is 11.9 Å². The van der Waals surface area contributed by atoms with E-state index >= 15 is 0 Å². The molecule has 0 bridgehead atoms. The highest BCUT2D eigenvalue weighted by Gasteiger charge is 2.18. The predicted octanol–water partition coefficient (Wildman–Crippen LogP) is 4.86. The number of benzene rings is 1. The molecule has 1 aromatic heterocycles. The van der Waals surface area contributed by atoms with Crippen molar-refractivity contribution in [3.8, 4) is 0 Å². The van der Waals surface area contributed by atoms with Crippen molar-refractivity contribution in [1.29, 1.82) is 0 Å². The number of amides is 1. The number of anilines is 2. The quantitative estimate of drug-likeness (QED) is 0.804. The summed E-state index contributed by atoms with van der Waals surface area (Å²) in [6.45, 7) is 5.83. The number of hydrogen-bond acceptors (Lipinski definition) is 4. The number of rotatable bonds is 4. The highest BCUT2D eigenvalue weighted by Crippen LogP contribution is 2.29. The van der Waals surface area contributed by atoms with E-state index in [1.54, 1.807) is 6.07 Å². The summed E-state index contributed by atoms with van der Waals surface area (Å²) in [5.74, 6) is 0.241. The molecular formula is C20H25ClN4O. The SMILES string of the molecule is Cc1cc(C)c(Nc2nc(C)cc(C(=O)NC3CCCCC3)n2)c(Cl)c1. The fourth-order valence-electron chi connectivity index (χ4n) is 3.43. The largest absolute Gasteiger partial charge is 0.348 e. The second-order valence-electron chi connectivity index (χ2n) is 7.09. The Labute approximate surface area is 159 Å². The molecule has 138 valence electrons. The summed E-state index contributed by atoms with van der Waals surface area (Å²) < 4.78 is 0. The minimum atomic E-state index is -0.142. The van der Waals surface area contributed by atoms with E-state index in [0.717, 1.165) is 35.3 Å². The van der Waals surface area contributed by atoms with Crippen molar-refractivity contribution >= 4 is 29.1 Å². The molecule has 26 heavy (non-hydrogen) atoms. The first-order valence-corrected chi connectivity index (χ1v) is 9.50. The molecular weight excluding hydrogens is 348 g/mol. The van der Waals surface area contributed by atoms with Crippen LogP contribution in [0.1, 0.15) is 59.4 Å². The third-order valence-electron chi connectivity index (χ3n) is 4.70. The van der Waals surface area contributed by atoms with Crippen molar-refractivity contribution in [2.24, 2.45) is 0 Å². The van der Waals surface area contributed by atoms with Crippen LogP contribution in [-0.2, 0) is 0 Å². The van der Waals surface area contributed by atoms with Crippen molar-refractivity contribution in [1.82, 2.24) is 15.3 Å². The summed E-state index contributed by atoms with van der Waals surface area (Å²) in [6.07, 6.45) is 5.68. The normalized spacial score (nSPS) is 14.9. The van der Waals surface area contributed by atoms with E-state index in [4.69, 9.17) is 11.6 Å². The van der Waals surface area contributed by atoms with Crippen LogP contribution in [0, 0.1) is 20.8 Å². The van der Waals surface area contributed by atoms with Crippen LogP contribution in [0.2, 0.25) is 5.02 Å². The van der Waals surface area contributed by atoms with Crippen LogP contribution in [0.4, 0.5) is 11.6 Å². The van der Waals surface area contributed by atoms with Gasteiger partial charge in [-0.3, -0.25) is 4.79 Å². The fourth-order valence-corrected chi connectivity index (χ4v) is 3.80. The summed E-state index contributed by atoms with van der Waals surface area (Å²) in [4.78, 5) is 21.4. The Bertz CT molecular complexity index is 792. The molecule has 1 amide bonds. The third kappa shape index (κ3) is 4.52. The maximum absolute atomic E-state index is 12.6. The summed E-state index contributed by atoms with van der Waals surface area (Å²) in [5.41, 5.74) is 3.98. The smallest absolute Gasteiger partial charge is 0.270 e. The molecule has 3 rings (SSSR count). The van der Waals surface area contributed by atoms with Gasteiger partial charge < -0.3 is 10.6 Å². The van der Waals surface area contributed by atoms with Crippen LogP contribution >= 0.6 is 11.6 Å². The Morgan fingerprint density at radius 1 is 1.08 bits per heavy atom. The molecule has 1 saturated carbocycles. The predicted molar refractivity (Wildman–Crippen MR) is 105 cm³/mol. The first-order valence-electron chi connectivity index (χ1n) is 9.12. The Morgan fingerprint density at radius 2 is 1.81 bits per heavy atom. The van der Waals surface area contributed by atoms with E-state index in [2.05, 4.69) is 20.6 Å². The summed E-state index contributed by atoms with van der Waals surface area (Å²) in [5, 5.41) is 6.89. The second-order valence-corrected chi connectivity index (χ2v) is 7.50. The van der Waals surface area contributed by atoms with Crippen molar-refractivity contribution < 1.29 is 4.79 Å². The lowest BCUT2D eigenvalue weighted by molar-refractivity contribution is 0.0922. The van der Waals surface area contributed by atoms with Gasteiger partial charge >= 0.3 is 0 Å². The minimum absolute atomic E-state index is 0.142. The average Bonchev–Trinajstić information content (AvgIpc) is 2.58. The number of aromatic nitrogens is 2. The topological polar surface area (TPSA) is 66.9 Å². The summed E-state index contributed by atoms with van der Waals surface area (Å²) >= 11 is 6.36. The molecule has 0 spiro atoms. The molecule has 6 heteroatoms. The van der Waals surface area contributed by atoms with E-state index < -0.39 is 0 Å². The van der Waals surface area contributed by atoms with E-state index in [0.29, 0.717) is 16.7 Å². The first-order chi connectivity index (χ1) is 12.4. The van der Waals surface area contributed by atoms with Crippen molar-refractivity contribution in [2.75, 3.05) is 5.32 Å². The van der Waals surface area contributed by atoms with E-state index in [1.807, 2.05) is 32.9 Å². The van der Waals surface area contributed by atoms with Gasteiger partial charge in [-0.1, -0.05) is 36.9 Å². The number of nitrogens with one attached hydrogen (secondary N) is 2. The summed E-state index contributed by atoms with van der Waals surface area (Å²) in [6, 6.07) is 5.90. The number of aryl methyl sites for hydroxylation is 3. The Hall–Kier alpha value is -2.14. The highest BCUT2D eigenvalue weighted by atomic mass is 35.5. The Balaban J connectivity index is 1.80. The molecule has 1 aliphatic carbocycles. The number of halogens is 1. The molecule has 2 N–H and O–H groups in total. The second kappa shape index (κ2) is 8.04. The fraction of sp³-hybridized carbons (Fsp3) is 0.450. The molecule has 0 radical (unpaired) electrons. The van der Waals surface area contributed by atoms with Gasteiger partial charge in [0.25, 0.3) is 5.91 Å². The van der Waals surface area contributed by atoms with Crippen molar-refractivity contribution in [2.45, 2.75) is 58.9 Å². The molecule has 1 fully saturated rings. The Kier molecular flexibility index (Phi) is 5.77. The molecule has 5 nitrogen and oxygen atoms in total. The number of carbonyl (C=O) groups excluding carboxylic acids is 1. The van der Waals surface area contributed by atoms with Crippen LogP contribution in [0.3, 0.4) is 0 Å². The molecule has 0 aliphatic heterocycles. The van der Waals surface area contributed by atoms with Crippen LogP contribution in [0.15, 0.2) is 18.2 Å². The van der Waals surface area contributed by atoms with Gasteiger partial charge in [0, 0.05) is 11.7 Å².